The first kappa shape index (κ1) is 21.9. The van der Waals surface area contributed by atoms with Crippen LogP contribution in [-0.4, -0.2) is 52.9 Å². The molecule has 1 aliphatic rings. The molecule has 3 aromatic rings. The molecule has 10 heteroatoms. The molecule has 1 aromatic heterocycles. The number of benzene rings is 2. The molecule has 1 saturated heterocycles. The van der Waals surface area contributed by atoms with Gasteiger partial charge in [-0.15, -0.1) is 0 Å². The van der Waals surface area contributed by atoms with Crippen LogP contribution >= 0.6 is 0 Å². The van der Waals surface area contributed by atoms with Crippen LogP contribution in [-0.2, 0) is 6.42 Å². The molecule has 1 amide bonds. The molecule has 32 heavy (non-hydrogen) atoms. The van der Waals surface area contributed by atoms with Crippen LogP contribution < -0.4 is 10.9 Å². The van der Waals surface area contributed by atoms with Crippen LogP contribution in [0.3, 0.4) is 0 Å². The Hall–Kier alpha value is -3.27. The quantitative estimate of drug-likeness (QED) is 0.569. The van der Waals surface area contributed by atoms with Crippen molar-refractivity contribution in [3.05, 3.63) is 75.5 Å². The fourth-order valence-corrected chi connectivity index (χ4v) is 3.71. The lowest BCUT2D eigenvalue weighted by atomic mass is 10.0. The van der Waals surface area contributed by atoms with Crippen molar-refractivity contribution < 1.29 is 22.4 Å². The van der Waals surface area contributed by atoms with E-state index < -0.39 is 24.3 Å². The maximum Gasteiger partial charge on any atom is 0.390 e. The van der Waals surface area contributed by atoms with Gasteiger partial charge in [0.25, 0.3) is 11.5 Å². The van der Waals surface area contributed by atoms with Gasteiger partial charge in [-0.1, -0.05) is 24.3 Å². The van der Waals surface area contributed by atoms with Gasteiger partial charge < -0.3 is 10.2 Å². The topological polar surface area (TPSA) is 78.1 Å². The molecule has 0 saturated carbocycles. The summed E-state index contributed by atoms with van der Waals surface area (Å²) in [7, 11) is 0. The zero-order valence-corrected chi connectivity index (χ0v) is 16.9. The Morgan fingerprint density at radius 2 is 1.88 bits per heavy atom. The molecular formula is C22H20F4N4O2. The number of amides is 1. The van der Waals surface area contributed by atoms with E-state index >= 15 is 0 Å². The monoisotopic (exact) mass is 448 g/mol. The fourth-order valence-electron chi connectivity index (χ4n) is 3.71. The van der Waals surface area contributed by atoms with Gasteiger partial charge in [0, 0.05) is 37.5 Å². The van der Waals surface area contributed by atoms with Crippen molar-refractivity contribution in [2.75, 3.05) is 19.6 Å². The summed E-state index contributed by atoms with van der Waals surface area (Å²) in [5, 5.41) is 10.5. The van der Waals surface area contributed by atoms with Crippen molar-refractivity contribution in [2.45, 2.75) is 25.1 Å². The van der Waals surface area contributed by atoms with Gasteiger partial charge in [0.2, 0.25) is 0 Å². The highest BCUT2D eigenvalue weighted by molar-refractivity contribution is 5.95. The molecule has 0 bridgehead atoms. The number of aromatic amines is 1. The Bertz CT molecular complexity index is 1200. The molecule has 0 aliphatic carbocycles. The Morgan fingerprint density at radius 3 is 2.59 bits per heavy atom. The lowest BCUT2D eigenvalue weighted by Crippen LogP contribution is -2.60. The van der Waals surface area contributed by atoms with E-state index in [2.05, 4.69) is 15.5 Å². The number of hydrogen-bond donors (Lipinski definition) is 2. The van der Waals surface area contributed by atoms with Crippen LogP contribution in [0.1, 0.15) is 28.0 Å². The van der Waals surface area contributed by atoms with Gasteiger partial charge in [0.1, 0.15) is 5.82 Å². The summed E-state index contributed by atoms with van der Waals surface area (Å²) in [5.74, 6) is -1.19. The first-order valence-corrected chi connectivity index (χ1v) is 10.1. The van der Waals surface area contributed by atoms with Crippen molar-refractivity contribution in [3.63, 3.8) is 0 Å². The first-order valence-electron chi connectivity index (χ1n) is 10.1. The number of hydrogen-bond acceptors (Lipinski definition) is 4. The van der Waals surface area contributed by atoms with Crippen LogP contribution in [0.4, 0.5) is 17.6 Å². The van der Waals surface area contributed by atoms with Crippen LogP contribution in [0.25, 0.3) is 10.8 Å². The van der Waals surface area contributed by atoms with Gasteiger partial charge in [-0.05, 0) is 23.8 Å². The Kier molecular flexibility index (Phi) is 5.96. The predicted molar refractivity (Wildman–Crippen MR) is 110 cm³/mol. The average molecular weight is 448 g/mol. The van der Waals surface area contributed by atoms with Crippen molar-refractivity contribution >= 4 is 16.7 Å². The summed E-state index contributed by atoms with van der Waals surface area (Å²) in [6.45, 7) is 0.207. The number of carbonyl (C=O) groups is 1. The number of likely N-dealkylation sites (tertiary alicyclic amines) is 1. The van der Waals surface area contributed by atoms with E-state index in [9.17, 15) is 27.2 Å². The maximum atomic E-state index is 14.4. The Morgan fingerprint density at radius 1 is 1.16 bits per heavy atom. The minimum atomic E-state index is -4.23. The minimum absolute atomic E-state index is 0.107. The van der Waals surface area contributed by atoms with Crippen LogP contribution in [0.15, 0.2) is 47.3 Å². The fraction of sp³-hybridized carbons (Fsp3) is 0.318. The largest absolute Gasteiger partial charge is 0.390 e. The maximum absolute atomic E-state index is 14.4. The van der Waals surface area contributed by atoms with E-state index in [1.165, 1.54) is 17.0 Å². The number of halogens is 4. The lowest BCUT2D eigenvalue weighted by molar-refractivity contribution is -0.134. The first-order chi connectivity index (χ1) is 15.2. The minimum Gasteiger partial charge on any atom is -0.335 e. The van der Waals surface area contributed by atoms with E-state index in [1.807, 2.05) is 0 Å². The third kappa shape index (κ3) is 4.80. The zero-order chi connectivity index (χ0) is 22.9. The van der Waals surface area contributed by atoms with Crippen LogP contribution in [0, 0.1) is 5.82 Å². The predicted octanol–water partition coefficient (Wildman–Crippen LogP) is 3.02. The molecule has 0 unspecified atom stereocenters. The molecule has 2 heterocycles. The van der Waals surface area contributed by atoms with Crippen LogP contribution in [0.2, 0.25) is 0 Å². The molecule has 168 valence electrons. The highest BCUT2D eigenvalue weighted by Crippen LogP contribution is 2.22. The number of rotatable bonds is 6. The molecule has 0 spiro atoms. The SMILES string of the molecule is O=C(c1cc(Cc2n[nH]c(=O)c3ccccc23)ccc1F)N1CC(NCCC(F)(F)F)C1. The highest BCUT2D eigenvalue weighted by atomic mass is 19.4. The third-order valence-electron chi connectivity index (χ3n) is 5.42. The smallest absolute Gasteiger partial charge is 0.335 e. The second kappa shape index (κ2) is 8.70. The molecular weight excluding hydrogens is 428 g/mol. The Labute approximate surface area is 180 Å². The number of aromatic nitrogens is 2. The number of nitrogens with zero attached hydrogens (tertiary/aromatic N) is 2. The van der Waals surface area contributed by atoms with Gasteiger partial charge in [0.15, 0.2) is 0 Å². The highest BCUT2D eigenvalue weighted by Gasteiger charge is 2.33. The van der Waals surface area contributed by atoms with Crippen molar-refractivity contribution in [1.29, 1.82) is 0 Å². The molecule has 2 aromatic carbocycles. The van der Waals surface area contributed by atoms with Gasteiger partial charge in [-0.2, -0.15) is 18.3 Å². The van der Waals surface area contributed by atoms with E-state index in [0.29, 0.717) is 22.0 Å². The summed E-state index contributed by atoms with van der Waals surface area (Å²) in [6, 6.07) is 10.9. The summed E-state index contributed by atoms with van der Waals surface area (Å²) >= 11 is 0. The van der Waals surface area contributed by atoms with Crippen molar-refractivity contribution in [3.8, 4) is 0 Å². The average Bonchev–Trinajstić information content (AvgIpc) is 2.72. The standard InChI is InChI=1S/C22H20F4N4O2/c23-18-6-5-13(10-19-15-3-1-2-4-16(15)20(31)29-28-19)9-17(18)21(32)30-11-14(12-30)27-8-7-22(24,25)26/h1-6,9,14,27H,7-8,10-12H2,(H,29,31). The van der Waals surface area contributed by atoms with E-state index in [0.717, 1.165) is 0 Å². The summed E-state index contributed by atoms with van der Waals surface area (Å²) in [5.41, 5.74) is 0.809. The van der Waals surface area contributed by atoms with Gasteiger partial charge in [-0.25, -0.2) is 9.49 Å². The molecule has 1 fully saturated rings. The van der Waals surface area contributed by atoms with Gasteiger partial charge in [-0.3, -0.25) is 9.59 Å². The molecule has 0 atom stereocenters. The normalized spacial score (nSPS) is 14.6. The van der Waals surface area contributed by atoms with E-state index in [4.69, 9.17) is 0 Å². The molecule has 2 N–H and O–H groups in total. The van der Waals surface area contributed by atoms with E-state index in [-0.39, 0.29) is 43.2 Å². The number of nitrogens with one attached hydrogen (secondary N) is 2. The number of H-pyrrole nitrogens is 1. The van der Waals surface area contributed by atoms with Crippen molar-refractivity contribution in [1.82, 2.24) is 20.4 Å². The Balaban J connectivity index is 1.44. The molecule has 4 rings (SSSR count). The zero-order valence-electron chi connectivity index (χ0n) is 16.9. The lowest BCUT2D eigenvalue weighted by Gasteiger charge is -2.40. The van der Waals surface area contributed by atoms with Crippen molar-refractivity contribution in [2.24, 2.45) is 0 Å². The third-order valence-corrected chi connectivity index (χ3v) is 5.42. The molecule has 1 aliphatic heterocycles. The van der Waals surface area contributed by atoms with Gasteiger partial charge >= 0.3 is 6.18 Å². The number of alkyl halides is 3. The molecule has 6 nitrogen and oxygen atoms in total. The number of fused-ring (bicyclic) bond motifs is 1. The van der Waals surface area contributed by atoms with E-state index in [1.54, 1.807) is 30.3 Å². The summed E-state index contributed by atoms with van der Waals surface area (Å²) in [4.78, 5) is 26.0. The van der Waals surface area contributed by atoms with Gasteiger partial charge in [0.05, 0.1) is 23.1 Å². The van der Waals surface area contributed by atoms with Crippen LogP contribution in [0.5, 0.6) is 0 Å². The molecule has 0 radical (unpaired) electrons. The second-order valence-corrected chi connectivity index (χ2v) is 7.76. The number of carbonyl (C=O) groups excluding carboxylic acids is 1. The summed E-state index contributed by atoms with van der Waals surface area (Å²) in [6.07, 6.45) is -4.90. The summed E-state index contributed by atoms with van der Waals surface area (Å²) < 4.78 is 51.1. The second-order valence-electron chi connectivity index (χ2n) is 7.76.